The molecule has 0 atom stereocenters. The number of hydrogen-bond acceptors (Lipinski definition) is 1. The maximum atomic E-state index is 3.44. The van der Waals surface area contributed by atoms with Gasteiger partial charge in [-0.3, -0.25) is 0 Å². The van der Waals surface area contributed by atoms with E-state index in [1.807, 2.05) is 12.1 Å². The van der Waals surface area contributed by atoms with Gasteiger partial charge in [-0.25, -0.2) is 0 Å². The second-order valence-electron chi connectivity index (χ2n) is 5.12. The summed E-state index contributed by atoms with van der Waals surface area (Å²) in [6.45, 7) is 2.90. The van der Waals surface area contributed by atoms with Crippen molar-refractivity contribution in [3.05, 3.63) is 96.1 Å². The minimum Gasteiger partial charge on any atom is -0.339 e. The molecule has 3 rings (SSSR count). The summed E-state index contributed by atoms with van der Waals surface area (Å²) < 4.78 is 0. The third kappa shape index (κ3) is 4.04. The first-order chi connectivity index (χ1) is 10.3. The van der Waals surface area contributed by atoms with Gasteiger partial charge in [-0.05, 0) is 24.3 Å². The third-order valence-corrected chi connectivity index (χ3v) is 3.47. The maximum Gasteiger partial charge on any atom is 1.00 e. The number of benzene rings is 3. The van der Waals surface area contributed by atoms with Crippen molar-refractivity contribution in [1.29, 1.82) is 0 Å². The van der Waals surface area contributed by atoms with E-state index in [0.29, 0.717) is 0 Å². The minimum absolute atomic E-state index is 0. The number of nitrogens with zero attached hydrogens (tertiary/aromatic N) is 1. The van der Waals surface area contributed by atoms with Crippen LogP contribution in [0.2, 0.25) is 0 Å². The maximum absolute atomic E-state index is 3.44. The Kier molecular flexibility index (Phi) is 5.89. The van der Waals surface area contributed by atoms with E-state index in [4.69, 9.17) is 0 Å². The Balaban J connectivity index is 0.00000176. The standard InChI is InChI=1S/C20H18N.Li/c1-17-9-8-10-18(15-17)16-21(19-11-4-2-5-12-19)20-13-6-3-7-14-20;/h2-14H,16H2,1H3;/q-1;+1. The Morgan fingerprint density at radius 2 is 1.27 bits per heavy atom. The summed E-state index contributed by atoms with van der Waals surface area (Å²) in [5.74, 6) is 0. The van der Waals surface area contributed by atoms with Crippen LogP contribution in [-0.4, -0.2) is 0 Å². The van der Waals surface area contributed by atoms with Crippen LogP contribution in [0.4, 0.5) is 11.4 Å². The summed E-state index contributed by atoms with van der Waals surface area (Å²) in [5.41, 5.74) is 4.76. The van der Waals surface area contributed by atoms with Gasteiger partial charge in [-0.15, -0.1) is 5.56 Å². The molecule has 3 aromatic carbocycles. The average Bonchev–Trinajstić information content (AvgIpc) is 2.54. The van der Waals surface area contributed by atoms with Crippen molar-refractivity contribution in [1.82, 2.24) is 0 Å². The molecule has 1 nitrogen and oxygen atoms in total. The first-order valence-electron chi connectivity index (χ1n) is 7.18. The van der Waals surface area contributed by atoms with Crippen molar-refractivity contribution in [2.75, 3.05) is 4.90 Å². The molecular weight excluding hydrogens is 261 g/mol. The van der Waals surface area contributed by atoms with E-state index in [2.05, 4.69) is 84.6 Å². The molecule has 0 aliphatic rings. The summed E-state index contributed by atoms with van der Waals surface area (Å²) in [6.07, 6.45) is 0. The molecule has 0 aliphatic carbocycles. The van der Waals surface area contributed by atoms with E-state index in [0.717, 1.165) is 6.54 Å². The first-order valence-corrected chi connectivity index (χ1v) is 7.18. The summed E-state index contributed by atoms with van der Waals surface area (Å²) in [7, 11) is 0. The van der Waals surface area contributed by atoms with Crippen molar-refractivity contribution >= 4 is 11.4 Å². The summed E-state index contributed by atoms with van der Waals surface area (Å²) in [5, 5.41) is 0. The molecule has 0 N–H and O–H groups in total. The van der Waals surface area contributed by atoms with Gasteiger partial charge in [0.25, 0.3) is 0 Å². The molecule has 0 aromatic heterocycles. The molecule has 0 saturated carbocycles. The van der Waals surface area contributed by atoms with Crippen LogP contribution in [-0.2, 0) is 6.54 Å². The van der Waals surface area contributed by atoms with Crippen LogP contribution in [0.15, 0.2) is 78.9 Å². The van der Waals surface area contributed by atoms with Gasteiger partial charge in [0, 0.05) is 17.9 Å². The summed E-state index contributed by atoms with van der Waals surface area (Å²) >= 11 is 0. The van der Waals surface area contributed by atoms with E-state index < -0.39 is 0 Å². The monoisotopic (exact) mass is 279 g/mol. The SMILES string of the molecule is Cc1[c-]c(CN(c2ccccc2)c2ccccc2)ccc1.[Li+]. The Morgan fingerprint density at radius 1 is 0.727 bits per heavy atom. The van der Waals surface area contributed by atoms with Gasteiger partial charge in [0.1, 0.15) is 0 Å². The third-order valence-electron chi connectivity index (χ3n) is 3.47. The van der Waals surface area contributed by atoms with Crippen LogP contribution in [0.25, 0.3) is 0 Å². The quantitative estimate of drug-likeness (QED) is 0.522. The van der Waals surface area contributed by atoms with Crippen molar-refractivity contribution in [3.8, 4) is 0 Å². The fourth-order valence-corrected chi connectivity index (χ4v) is 2.46. The van der Waals surface area contributed by atoms with Crippen LogP contribution in [0.1, 0.15) is 11.1 Å². The topological polar surface area (TPSA) is 3.24 Å². The molecule has 0 saturated heterocycles. The number of anilines is 2. The molecule has 0 heterocycles. The number of rotatable bonds is 4. The van der Waals surface area contributed by atoms with Gasteiger partial charge in [-0.1, -0.05) is 43.3 Å². The van der Waals surface area contributed by atoms with E-state index in [1.54, 1.807) is 0 Å². The zero-order chi connectivity index (χ0) is 14.5. The predicted molar refractivity (Wildman–Crippen MR) is 88.7 cm³/mol. The van der Waals surface area contributed by atoms with Gasteiger partial charge in [0.2, 0.25) is 0 Å². The Morgan fingerprint density at radius 3 is 1.77 bits per heavy atom. The van der Waals surface area contributed by atoms with E-state index in [-0.39, 0.29) is 18.9 Å². The molecule has 0 spiro atoms. The summed E-state index contributed by atoms with van der Waals surface area (Å²) in [6, 6.07) is 30.7. The van der Waals surface area contributed by atoms with Crippen molar-refractivity contribution < 1.29 is 18.9 Å². The van der Waals surface area contributed by atoms with Gasteiger partial charge < -0.3 is 4.90 Å². The largest absolute Gasteiger partial charge is 1.00 e. The van der Waals surface area contributed by atoms with Crippen LogP contribution < -0.4 is 23.8 Å². The number of para-hydroxylation sites is 2. The van der Waals surface area contributed by atoms with Crippen molar-refractivity contribution in [2.45, 2.75) is 13.5 Å². The van der Waals surface area contributed by atoms with Crippen LogP contribution in [0.3, 0.4) is 0 Å². The van der Waals surface area contributed by atoms with Gasteiger partial charge >= 0.3 is 18.9 Å². The van der Waals surface area contributed by atoms with Crippen molar-refractivity contribution in [2.24, 2.45) is 0 Å². The Bertz CT molecular complexity index is 656. The van der Waals surface area contributed by atoms with E-state index in [1.165, 1.54) is 22.5 Å². The van der Waals surface area contributed by atoms with Crippen molar-refractivity contribution in [3.63, 3.8) is 0 Å². The minimum atomic E-state index is 0. The van der Waals surface area contributed by atoms with Crippen LogP contribution in [0.5, 0.6) is 0 Å². The molecule has 3 aromatic rings. The second-order valence-corrected chi connectivity index (χ2v) is 5.12. The molecule has 0 fully saturated rings. The molecule has 0 unspecified atom stereocenters. The van der Waals surface area contributed by atoms with Crippen LogP contribution >= 0.6 is 0 Å². The van der Waals surface area contributed by atoms with Crippen LogP contribution in [0, 0.1) is 13.0 Å². The smallest absolute Gasteiger partial charge is 0.339 e. The summed E-state index contributed by atoms with van der Waals surface area (Å²) in [4.78, 5) is 2.31. The van der Waals surface area contributed by atoms with E-state index in [9.17, 15) is 0 Å². The second kappa shape index (κ2) is 7.89. The number of hydrogen-bond donors (Lipinski definition) is 0. The molecular formula is C20H18LiN. The molecule has 0 amide bonds. The van der Waals surface area contributed by atoms with Gasteiger partial charge in [-0.2, -0.15) is 29.8 Å². The molecule has 0 radical (unpaired) electrons. The average molecular weight is 279 g/mol. The van der Waals surface area contributed by atoms with E-state index >= 15 is 0 Å². The Hall–Kier alpha value is -1.94. The fourth-order valence-electron chi connectivity index (χ4n) is 2.46. The first kappa shape index (κ1) is 16.4. The normalized spacial score (nSPS) is 9.86. The molecule has 2 heteroatoms. The Labute approximate surface area is 144 Å². The molecule has 104 valence electrons. The molecule has 0 aliphatic heterocycles. The van der Waals surface area contributed by atoms with Gasteiger partial charge in [0.15, 0.2) is 0 Å². The molecule has 22 heavy (non-hydrogen) atoms. The van der Waals surface area contributed by atoms with Gasteiger partial charge in [0.05, 0.1) is 0 Å². The molecule has 0 bridgehead atoms. The predicted octanol–water partition coefficient (Wildman–Crippen LogP) is 2.14. The zero-order valence-corrected chi connectivity index (χ0v) is 13.2. The zero-order valence-electron chi connectivity index (χ0n) is 13.2. The fraction of sp³-hybridized carbons (Fsp3) is 0.100. The number of aryl methyl sites for hydroxylation is 1.